The van der Waals surface area contributed by atoms with Crippen LogP contribution in [0.3, 0.4) is 0 Å². The van der Waals surface area contributed by atoms with E-state index in [1.165, 1.54) is 0 Å². The monoisotopic (exact) mass is 268 g/mol. The van der Waals surface area contributed by atoms with Crippen LogP contribution in [-0.2, 0) is 9.59 Å². The van der Waals surface area contributed by atoms with Crippen LogP contribution in [0.25, 0.3) is 0 Å². The van der Waals surface area contributed by atoms with Gasteiger partial charge in [0.15, 0.2) is 0 Å². The maximum absolute atomic E-state index is 11.8. The smallest absolute Gasteiger partial charge is 0.246 e. The topological polar surface area (TPSA) is 69.6 Å². The summed E-state index contributed by atoms with van der Waals surface area (Å²) in [5.41, 5.74) is 0.994. The first-order valence-electron chi connectivity index (χ1n) is 6.87. The van der Waals surface area contributed by atoms with E-state index < -0.39 is 0 Å². The third kappa shape index (κ3) is 5.42. The highest BCUT2D eigenvalue weighted by atomic mass is 16.3. The Morgan fingerprint density at radius 3 is 2.47 bits per heavy atom. The van der Waals surface area contributed by atoms with Crippen molar-refractivity contribution in [3.8, 4) is 0 Å². The van der Waals surface area contributed by atoms with Gasteiger partial charge in [-0.25, -0.2) is 0 Å². The average molecular weight is 268 g/mol. The zero-order chi connectivity index (χ0) is 14.3. The molecule has 0 radical (unpaired) electrons. The summed E-state index contributed by atoms with van der Waals surface area (Å²) in [5.74, 6) is 0.0800. The molecule has 108 valence electrons. The summed E-state index contributed by atoms with van der Waals surface area (Å²) in [6.07, 6.45) is 3.66. The Kier molecular flexibility index (Phi) is 6.56. The van der Waals surface area contributed by atoms with Gasteiger partial charge in [-0.2, -0.15) is 0 Å². The first-order valence-corrected chi connectivity index (χ1v) is 6.87. The van der Waals surface area contributed by atoms with Crippen molar-refractivity contribution >= 4 is 11.8 Å². The molecule has 1 heterocycles. The number of carbonyl (C=O) groups is 2. The van der Waals surface area contributed by atoms with E-state index in [1.807, 2.05) is 13.8 Å². The molecule has 1 saturated heterocycles. The van der Waals surface area contributed by atoms with Crippen LogP contribution < -0.4 is 5.32 Å². The van der Waals surface area contributed by atoms with E-state index in [4.69, 9.17) is 5.11 Å². The standard InChI is InChI=1S/C14H24N2O3/c1-11(2)10-13(18)16-7-4-12(5-8-16)14(19)15-6-3-9-17/h10,12,17H,3-9H2,1-2H3,(H,15,19). The van der Waals surface area contributed by atoms with Crippen LogP contribution in [0.1, 0.15) is 33.1 Å². The quantitative estimate of drug-likeness (QED) is 0.569. The van der Waals surface area contributed by atoms with Gasteiger partial charge in [-0.05, 0) is 33.1 Å². The highest BCUT2D eigenvalue weighted by Crippen LogP contribution is 2.17. The van der Waals surface area contributed by atoms with Crippen molar-refractivity contribution < 1.29 is 14.7 Å². The summed E-state index contributed by atoms with van der Waals surface area (Å²) in [6.45, 7) is 5.70. The number of amides is 2. The maximum Gasteiger partial charge on any atom is 0.246 e. The van der Waals surface area contributed by atoms with Crippen molar-refractivity contribution in [3.05, 3.63) is 11.6 Å². The third-order valence-electron chi connectivity index (χ3n) is 3.22. The van der Waals surface area contributed by atoms with Gasteiger partial charge in [-0.1, -0.05) is 5.57 Å². The second-order valence-corrected chi connectivity index (χ2v) is 5.19. The van der Waals surface area contributed by atoms with Crippen molar-refractivity contribution in [2.24, 2.45) is 5.92 Å². The van der Waals surface area contributed by atoms with E-state index in [-0.39, 0.29) is 24.3 Å². The zero-order valence-corrected chi connectivity index (χ0v) is 11.8. The average Bonchev–Trinajstić information content (AvgIpc) is 2.38. The molecule has 5 nitrogen and oxygen atoms in total. The number of rotatable bonds is 5. The fourth-order valence-electron chi connectivity index (χ4n) is 2.14. The number of hydrogen-bond donors (Lipinski definition) is 2. The minimum Gasteiger partial charge on any atom is -0.396 e. The highest BCUT2D eigenvalue weighted by Gasteiger charge is 2.26. The van der Waals surface area contributed by atoms with E-state index in [1.54, 1.807) is 11.0 Å². The largest absolute Gasteiger partial charge is 0.396 e. The Morgan fingerprint density at radius 1 is 1.32 bits per heavy atom. The Balaban J connectivity index is 2.34. The predicted octanol–water partition coefficient (Wildman–Crippen LogP) is 0.690. The molecule has 0 saturated carbocycles. The van der Waals surface area contributed by atoms with Gasteiger partial charge in [0.25, 0.3) is 0 Å². The van der Waals surface area contributed by atoms with Gasteiger partial charge in [-0.15, -0.1) is 0 Å². The van der Waals surface area contributed by atoms with Gasteiger partial charge in [0.05, 0.1) is 0 Å². The van der Waals surface area contributed by atoms with Crippen LogP contribution >= 0.6 is 0 Å². The Bertz CT molecular complexity index is 341. The minimum absolute atomic E-state index is 0.00514. The number of aliphatic hydroxyl groups is 1. The molecule has 0 atom stereocenters. The van der Waals surface area contributed by atoms with Crippen LogP contribution in [-0.4, -0.2) is 48.1 Å². The van der Waals surface area contributed by atoms with E-state index in [2.05, 4.69) is 5.32 Å². The Hall–Kier alpha value is -1.36. The van der Waals surface area contributed by atoms with Gasteiger partial charge in [-0.3, -0.25) is 9.59 Å². The molecular formula is C14H24N2O3. The zero-order valence-electron chi connectivity index (χ0n) is 11.8. The van der Waals surface area contributed by atoms with Crippen molar-refractivity contribution in [1.29, 1.82) is 0 Å². The molecule has 1 aliphatic heterocycles. The van der Waals surface area contributed by atoms with E-state index in [9.17, 15) is 9.59 Å². The summed E-state index contributed by atoms with van der Waals surface area (Å²) in [5, 5.41) is 11.5. The highest BCUT2D eigenvalue weighted by molar-refractivity contribution is 5.88. The van der Waals surface area contributed by atoms with E-state index in [0.29, 0.717) is 38.9 Å². The van der Waals surface area contributed by atoms with Crippen molar-refractivity contribution in [2.45, 2.75) is 33.1 Å². The molecule has 5 heteroatoms. The fourth-order valence-corrected chi connectivity index (χ4v) is 2.14. The number of carbonyl (C=O) groups excluding carboxylic acids is 2. The molecule has 0 aromatic heterocycles. The van der Waals surface area contributed by atoms with Gasteiger partial charge < -0.3 is 15.3 Å². The second-order valence-electron chi connectivity index (χ2n) is 5.19. The molecule has 1 fully saturated rings. The van der Waals surface area contributed by atoms with E-state index >= 15 is 0 Å². The summed E-state index contributed by atoms with van der Waals surface area (Å²) in [7, 11) is 0. The molecule has 0 aromatic rings. The summed E-state index contributed by atoms with van der Waals surface area (Å²) in [6, 6.07) is 0. The second kappa shape index (κ2) is 7.94. The number of aliphatic hydroxyl groups excluding tert-OH is 1. The number of nitrogens with one attached hydrogen (secondary N) is 1. The molecule has 2 N–H and O–H groups in total. The molecule has 1 rings (SSSR count). The predicted molar refractivity (Wildman–Crippen MR) is 73.4 cm³/mol. The summed E-state index contributed by atoms with van der Waals surface area (Å²) in [4.78, 5) is 25.4. The number of nitrogens with zero attached hydrogens (tertiary/aromatic N) is 1. The Labute approximate surface area is 114 Å². The minimum atomic E-state index is -0.00514. The molecule has 0 spiro atoms. The van der Waals surface area contributed by atoms with Gasteiger partial charge >= 0.3 is 0 Å². The lowest BCUT2D eigenvalue weighted by atomic mass is 9.95. The first kappa shape index (κ1) is 15.7. The molecule has 0 bridgehead atoms. The number of piperidine rings is 1. The molecule has 19 heavy (non-hydrogen) atoms. The number of hydrogen-bond acceptors (Lipinski definition) is 3. The normalized spacial score (nSPS) is 16.1. The summed E-state index contributed by atoms with van der Waals surface area (Å²) < 4.78 is 0. The SMILES string of the molecule is CC(C)=CC(=O)N1CCC(C(=O)NCCCO)CC1. The molecular weight excluding hydrogens is 244 g/mol. The molecule has 0 aliphatic carbocycles. The fraction of sp³-hybridized carbons (Fsp3) is 0.714. The van der Waals surface area contributed by atoms with Crippen molar-refractivity contribution in [1.82, 2.24) is 10.2 Å². The molecule has 0 unspecified atom stereocenters. The van der Waals surface area contributed by atoms with E-state index in [0.717, 1.165) is 5.57 Å². The van der Waals surface area contributed by atoms with Crippen molar-refractivity contribution in [3.63, 3.8) is 0 Å². The first-order chi connectivity index (χ1) is 9.04. The molecule has 0 aromatic carbocycles. The van der Waals surface area contributed by atoms with Crippen LogP contribution in [0.5, 0.6) is 0 Å². The molecule has 1 aliphatic rings. The van der Waals surface area contributed by atoms with Gasteiger partial charge in [0.2, 0.25) is 11.8 Å². The lowest BCUT2D eigenvalue weighted by Crippen LogP contribution is -2.42. The lowest BCUT2D eigenvalue weighted by Gasteiger charge is -2.30. The lowest BCUT2D eigenvalue weighted by molar-refractivity contribution is -0.132. The van der Waals surface area contributed by atoms with Crippen LogP contribution in [0.15, 0.2) is 11.6 Å². The van der Waals surface area contributed by atoms with Crippen LogP contribution in [0.2, 0.25) is 0 Å². The van der Waals surface area contributed by atoms with Gasteiger partial charge in [0, 0.05) is 38.2 Å². The number of allylic oxidation sites excluding steroid dienone is 1. The van der Waals surface area contributed by atoms with Gasteiger partial charge in [0.1, 0.15) is 0 Å². The molecule has 2 amide bonds. The van der Waals surface area contributed by atoms with Crippen molar-refractivity contribution in [2.75, 3.05) is 26.2 Å². The van der Waals surface area contributed by atoms with Crippen LogP contribution in [0.4, 0.5) is 0 Å². The summed E-state index contributed by atoms with van der Waals surface area (Å²) >= 11 is 0. The third-order valence-corrected chi connectivity index (χ3v) is 3.22. The Morgan fingerprint density at radius 2 is 1.95 bits per heavy atom. The number of likely N-dealkylation sites (tertiary alicyclic amines) is 1. The van der Waals surface area contributed by atoms with Crippen LogP contribution in [0, 0.1) is 5.92 Å². The maximum atomic E-state index is 11.8.